The van der Waals surface area contributed by atoms with Gasteiger partial charge >= 0.3 is 11.9 Å². The van der Waals surface area contributed by atoms with E-state index in [1.165, 1.54) is 0 Å². The van der Waals surface area contributed by atoms with E-state index in [2.05, 4.69) is 6.58 Å². The number of benzene rings is 1. The molecule has 0 aliphatic heterocycles. The fraction of sp³-hybridized carbons (Fsp3) is 0.333. The number of hydrogen-bond donors (Lipinski definition) is 1. The SMILES string of the molecule is C=C/C=C(\C)COC(=O)CCC(N)C(=O)OCc1ccccc1. The van der Waals surface area contributed by atoms with Gasteiger partial charge in [0.1, 0.15) is 19.3 Å². The molecular formula is C18H23NO4. The minimum Gasteiger partial charge on any atom is -0.461 e. The highest BCUT2D eigenvalue weighted by atomic mass is 16.5. The maximum atomic E-state index is 11.8. The van der Waals surface area contributed by atoms with Gasteiger partial charge in [-0.25, -0.2) is 0 Å². The van der Waals surface area contributed by atoms with Crippen molar-refractivity contribution in [2.24, 2.45) is 5.73 Å². The van der Waals surface area contributed by atoms with Gasteiger partial charge in [-0.15, -0.1) is 0 Å². The Kier molecular flexibility index (Phi) is 8.39. The fourth-order valence-electron chi connectivity index (χ4n) is 1.74. The van der Waals surface area contributed by atoms with Crippen molar-refractivity contribution in [3.63, 3.8) is 0 Å². The van der Waals surface area contributed by atoms with Gasteiger partial charge in [0.25, 0.3) is 0 Å². The molecule has 1 aromatic carbocycles. The van der Waals surface area contributed by atoms with E-state index in [1.807, 2.05) is 37.3 Å². The smallest absolute Gasteiger partial charge is 0.323 e. The number of nitrogens with two attached hydrogens (primary N) is 1. The summed E-state index contributed by atoms with van der Waals surface area (Å²) in [5.41, 5.74) is 7.50. The van der Waals surface area contributed by atoms with Gasteiger partial charge in [0.2, 0.25) is 0 Å². The molecule has 5 heteroatoms. The molecule has 0 amide bonds. The van der Waals surface area contributed by atoms with Gasteiger partial charge in [-0.05, 0) is 24.5 Å². The van der Waals surface area contributed by atoms with Crippen LogP contribution in [0, 0.1) is 0 Å². The van der Waals surface area contributed by atoms with Crippen LogP contribution in [-0.4, -0.2) is 24.6 Å². The first kappa shape index (κ1) is 18.6. The standard InChI is InChI=1S/C18H23NO4/c1-3-7-14(2)12-22-17(20)11-10-16(19)18(21)23-13-15-8-5-4-6-9-15/h3-9,16H,1,10-13,19H2,2H3/b14-7+. The second-order valence-electron chi connectivity index (χ2n) is 5.15. The molecule has 0 radical (unpaired) electrons. The summed E-state index contributed by atoms with van der Waals surface area (Å²) in [7, 11) is 0. The second kappa shape index (κ2) is 10.3. The van der Waals surface area contributed by atoms with Crippen LogP contribution >= 0.6 is 0 Å². The minimum absolute atomic E-state index is 0.0724. The third-order valence-corrected chi connectivity index (χ3v) is 3.05. The maximum Gasteiger partial charge on any atom is 0.323 e. The monoisotopic (exact) mass is 317 g/mol. The first-order chi connectivity index (χ1) is 11.0. The number of hydrogen-bond acceptors (Lipinski definition) is 5. The highest BCUT2D eigenvalue weighted by molar-refractivity contribution is 5.77. The van der Waals surface area contributed by atoms with E-state index >= 15 is 0 Å². The number of carbonyl (C=O) groups is 2. The van der Waals surface area contributed by atoms with E-state index in [9.17, 15) is 9.59 Å². The minimum atomic E-state index is -0.837. The summed E-state index contributed by atoms with van der Waals surface area (Å²) in [6.45, 7) is 5.77. The Labute approximate surface area is 136 Å². The van der Waals surface area contributed by atoms with Crippen molar-refractivity contribution in [2.75, 3.05) is 6.61 Å². The normalized spacial score (nSPS) is 12.3. The molecule has 1 atom stereocenters. The van der Waals surface area contributed by atoms with Crippen LogP contribution in [0.2, 0.25) is 0 Å². The molecule has 0 heterocycles. The molecule has 0 fully saturated rings. The van der Waals surface area contributed by atoms with E-state index in [0.717, 1.165) is 11.1 Å². The molecule has 0 aliphatic carbocycles. The number of rotatable bonds is 9. The number of allylic oxidation sites excluding steroid dienone is 2. The Hall–Kier alpha value is -2.40. The molecule has 124 valence electrons. The van der Waals surface area contributed by atoms with Gasteiger partial charge in [-0.3, -0.25) is 9.59 Å². The summed E-state index contributed by atoms with van der Waals surface area (Å²) in [4.78, 5) is 23.3. The van der Waals surface area contributed by atoms with Gasteiger partial charge < -0.3 is 15.2 Å². The van der Waals surface area contributed by atoms with E-state index in [4.69, 9.17) is 15.2 Å². The zero-order chi connectivity index (χ0) is 17.1. The van der Waals surface area contributed by atoms with Gasteiger partial charge in [-0.1, -0.05) is 49.1 Å². The van der Waals surface area contributed by atoms with Crippen LogP contribution in [0.15, 0.2) is 54.6 Å². The molecular weight excluding hydrogens is 294 g/mol. The summed E-state index contributed by atoms with van der Waals surface area (Å²) < 4.78 is 10.2. The third-order valence-electron chi connectivity index (χ3n) is 3.05. The van der Waals surface area contributed by atoms with Crippen molar-refractivity contribution in [3.05, 3.63) is 60.2 Å². The summed E-state index contributed by atoms with van der Waals surface area (Å²) in [5.74, 6) is -0.919. The lowest BCUT2D eigenvalue weighted by atomic mass is 10.1. The lowest BCUT2D eigenvalue weighted by Crippen LogP contribution is -2.32. The average Bonchev–Trinajstić information content (AvgIpc) is 2.56. The molecule has 0 saturated heterocycles. The topological polar surface area (TPSA) is 78.6 Å². The van der Waals surface area contributed by atoms with Crippen LogP contribution in [0.1, 0.15) is 25.3 Å². The van der Waals surface area contributed by atoms with Crippen molar-refractivity contribution in [2.45, 2.75) is 32.4 Å². The molecule has 1 rings (SSSR count). The van der Waals surface area contributed by atoms with Crippen molar-refractivity contribution in [3.8, 4) is 0 Å². The molecule has 5 nitrogen and oxygen atoms in total. The Morgan fingerprint density at radius 2 is 1.96 bits per heavy atom. The van der Waals surface area contributed by atoms with Gasteiger partial charge in [0.15, 0.2) is 0 Å². The lowest BCUT2D eigenvalue weighted by molar-refractivity contribution is -0.147. The van der Waals surface area contributed by atoms with Crippen molar-refractivity contribution in [1.29, 1.82) is 0 Å². The molecule has 2 N–H and O–H groups in total. The predicted octanol–water partition coefficient (Wildman–Crippen LogP) is 2.51. The van der Waals surface area contributed by atoms with Crippen LogP contribution in [-0.2, 0) is 25.7 Å². The van der Waals surface area contributed by atoms with Crippen molar-refractivity contribution < 1.29 is 19.1 Å². The lowest BCUT2D eigenvalue weighted by Gasteiger charge is -2.11. The molecule has 23 heavy (non-hydrogen) atoms. The second-order valence-corrected chi connectivity index (χ2v) is 5.15. The summed E-state index contributed by atoms with van der Waals surface area (Å²) in [6, 6.07) is 8.49. The maximum absolute atomic E-state index is 11.8. The predicted molar refractivity (Wildman–Crippen MR) is 88.4 cm³/mol. The van der Waals surface area contributed by atoms with Crippen LogP contribution in [0.3, 0.4) is 0 Å². The first-order valence-electron chi connectivity index (χ1n) is 7.43. The summed E-state index contributed by atoms with van der Waals surface area (Å²) in [5, 5.41) is 0. The summed E-state index contributed by atoms with van der Waals surface area (Å²) in [6.07, 6.45) is 3.65. The Balaban J connectivity index is 2.25. The molecule has 0 aliphatic rings. The zero-order valence-corrected chi connectivity index (χ0v) is 13.4. The molecule has 1 aromatic rings. The zero-order valence-electron chi connectivity index (χ0n) is 13.4. The molecule has 1 unspecified atom stereocenters. The van der Waals surface area contributed by atoms with Crippen LogP contribution < -0.4 is 5.73 Å². The van der Waals surface area contributed by atoms with E-state index in [1.54, 1.807) is 12.2 Å². The number of esters is 2. The first-order valence-corrected chi connectivity index (χ1v) is 7.43. The summed E-state index contributed by atoms with van der Waals surface area (Å²) >= 11 is 0. The Morgan fingerprint density at radius 1 is 1.26 bits per heavy atom. The number of ether oxygens (including phenoxy) is 2. The molecule has 0 bridgehead atoms. The van der Waals surface area contributed by atoms with E-state index < -0.39 is 18.0 Å². The van der Waals surface area contributed by atoms with Crippen molar-refractivity contribution in [1.82, 2.24) is 0 Å². The Morgan fingerprint density at radius 3 is 2.61 bits per heavy atom. The van der Waals surface area contributed by atoms with Gasteiger partial charge in [-0.2, -0.15) is 0 Å². The highest BCUT2D eigenvalue weighted by Gasteiger charge is 2.17. The van der Waals surface area contributed by atoms with Gasteiger partial charge in [0, 0.05) is 6.42 Å². The van der Waals surface area contributed by atoms with Gasteiger partial charge in [0.05, 0.1) is 0 Å². The molecule has 0 spiro atoms. The highest BCUT2D eigenvalue weighted by Crippen LogP contribution is 2.05. The van der Waals surface area contributed by atoms with Crippen LogP contribution in [0.4, 0.5) is 0 Å². The van der Waals surface area contributed by atoms with E-state index in [-0.39, 0.29) is 26.1 Å². The van der Waals surface area contributed by atoms with Crippen LogP contribution in [0.25, 0.3) is 0 Å². The van der Waals surface area contributed by atoms with E-state index in [0.29, 0.717) is 0 Å². The quantitative estimate of drug-likeness (QED) is 0.559. The third kappa shape index (κ3) is 7.97. The number of carbonyl (C=O) groups excluding carboxylic acids is 2. The Bertz CT molecular complexity index is 551. The average molecular weight is 317 g/mol. The largest absolute Gasteiger partial charge is 0.461 e. The van der Waals surface area contributed by atoms with Crippen LogP contribution in [0.5, 0.6) is 0 Å². The fourth-order valence-corrected chi connectivity index (χ4v) is 1.74. The molecule has 0 aromatic heterocycles. The molecule has 0 saturated carbocycles. The van der Waals surface area contributed by atoms with Crippen molar-refractivity contribution >= 4 is 11.9 Å².